The van der Waals surface area contributed by atoms with Crippen LogP contribution >= 0.6 is 0 Å². The van der Waals surface area contributed by atoms with E-state index in [1.54, 1.807) is 19.1 Å². The Labute approximate surface area is 72.5 Å². The van der Waals surface area contributed by atoms with Crippen LogP contribution in [0.15, 0.2) is 35.1 Å². The highest BCUT2D eigenvalue weighted by atomic mass is 32.2. The summed E-state index contributed by atoms with van der Waals surface area (Å²) in [6.07, 6.45) is 0. The van der Waals surface area contributed by atoms with Crippen molar-refractivity contribution >= 4 is 9.84 Å². The molecular formula is C9H9O2S. The van der Waals surface area contributed by atoms with Crippen molar-refractivity contribution in [3.05, 3.63) is 41.8 Å². The van der Waals surface area contributed by atoms with Crippen LogP contribution in [-0.2, 0) is 9.84 Å². The second-order valence-electron chi connectivity index (χ2n) is 2.42. The maximum atomic E-state index is 11.2. The smallest absolute Gasteiger partial charge is 0.199 e. The highest BCUT2D eigenvalue weighted by Crippen LogP contribution is 2.12. The fourth-order valence-corrected chi connectivity index (χ4v) is 1.62. The number of benzene rings is 1. The van der Waals surface area contributed by atoms with Crippen molar-refractivity contribution in [1.29, 1.82) is 0 Å². The van der Waals surface area contributed by atoms with Crippen LogP contribution in [0.25, 0.3) is 0 Å². The van der Waals surface area contributed by atoms with Crippen LogP contribution in [0.5, 0.6) is 0 Å². The molecule has 1 aromatic carbocycles. The normalized spacial score (nSPS) is 11.1. The lowest BCUT2D eigenvalue weighted by Gasteiger charge is -1.98. The van der Waals surface area contributed by atoms with Crippen molar-refractivity contribution in [2.45, 2.75) is 11.8 Å². The van der Waals surface area contributed by atoms with Crippen molar-refractivity contribution in [1.82, 2.24) is 0 Å². The molecule has 3 heteroatoms. The molecule has 0 unspecified atom stereocenters. The zero-order chi connectivity index (χ0) is 9.19. The fraction of sp³-hybridized carbons (Fsp3) is 0.111. The third-order valence-electron chi connectivity index (χ3n) is 1.47. The van der Waals surface area contributed by atoms with Crippen molar-refractivity contribution in [2.75, 3.05) is 0 Å². The van der Waals surface area contributed by atoms with Crippen LogP contribution in [0, 0.1) is 13.0 Å². The van der Waals surface area contributed by atoms with Crippen molar-refractivity contribution in [2.24, 2.45) is 0 Å². The number of sulfone groups is 1. The summed E-state index contributed by atoms with van der Waals surface area (Å²) in [7, 11) is -3.28. The minimum atomic E-state index is -3.28. The molecule has 0 aliphatic heterocycles. The Bertz CT molecular complexity index is 391. The van der Waals surface area contributed by atoms with E-state index in [1.807, 2.05) is 0 Å². The van der Waals surface area contributed by atoms with Gasteiger partial charge in [-0.15, -0.1) is 0 Å². The molecule has 0 aliphatic carbocycles. The van der Waals surface area contributed by atoms with E-state index in [1.165, 1.54) is 6.07 Å². The Morgan fingerprint density at radius 2 is 2.25 bits per heavy atom. The molecule has 63 valence electrons. The van der Waals surface area contributed by atoms with Gasteiger partial charge in [0.2, 0.25) is 0 Å². The zero-order valence-electron chi connectivity index (χ0n) is 6.74. The summed E-state index contributed by atoms with van der Waals surface area (Å²) in [5.74, 6) is 0. The van der Waals surface area contributed by atoms with E-state index in [9.17, 15) is 8.42 Å². The van der Waals surface area contributed by atoms with Gasteiger partial charge in [0.1, 0.15) is 0 Å². The van der Waals surface area contributed by atoms with Crippen LogP contribution in [-0.4, -0.2) is 8.42 Å². The summed E-state index contributed by atoms with van der Waals surface area (Å²) in [5, 5.41) is 0.946. The summed E-state index contributed by atoms with van der Waals surface area (Å²) in [6.45, 7) is 5.03. The Hall–Kier alpha value is -1.09. The Morgan fingerprint density at radius 1 is 1.58 bits per heavy atom. The largest absolute Gasteiger partial charge is 0.219 e. The van der Waals surface area contributed by atoms with Crippen molar-refractivity contribution in [3.63, 3.8) is 0 Å². The predicted molar refractivity (Wildman–Crippen MR) is 47.4 cm³/mol. The summed E-state index contributed by atoms with van der Waals surface area (Å²) in [4.78, 5) is 0.272. The molecule has 0 aromatic heterocycles. The van der Waals surface area contributed by atoms with Gasteiger partial charge in [0.25, 0.3) is 0 Å². The first-order valence-electron chi connectivity index (χ1n) is 3.42. The summed E-state index contributed by atoms with van der Waals surface area (Å²) >= 11 is 0. The minimum absolute atomic E-state index is 0.272. The maximum absolute atomic E-state index is 11.2. The van der Waals surface area contributed by atoms with Crippen LogP contribution in [0.3, 0.4) is 0 Å². The Morgan fingerprint density at radius 3 is 2.75 bits per heavy atom. The average Bonchev–Trinajstić information content (AvgIpc) is 2.05. The molecule has 2 nitrogen and oxygen atoms in total. The first kappa shape index (κ1) is 9.00. The van der Waals surface area contributed by atoms with Crippen LogP contribution < -0.4 is 0 Å². The second kappa shape index (κ2) is 3.11. The molecule has 1 rings (SSSR count). The fourth-order valence-electron chi connectivity index (χ4n) is 0.832. The van der Waals surface area contributed by atoms with Crippen molar-refractivity contribution in [3.8, 4) is 0 Å². The maximum Gasteiger partial charge on any atom is 0.199 e. The predicted octanol–water partition coefficient (Wildman–Crippen LogP) is 1.71. The molecule has 0 spiro atoms. The molecule has 1 radical (unpaired) electrons. The average molecular weight is 181 g/mol. The SMILES string of the molecule is C=CS(=O)(=O)c1cc[c]c(C)c1. The van der Waals surface area contributed by atoms with Crippen LogP contribution in [0.2, 0.25) is 0 Å². The van der Waals surface area contributed by atoms with E-state index in [2.05, 4.69) is 12.6 Å². The summed E-state index contributed by atoms with van der Waals surface area (Å²) in [5.41, 5.74) is 0.804. The van der Waals surface area contributed by atoms with E-state index in [0.29, 0.717) is 0 Å². The number of rotatable bonds is 2. The molecule has 0 bridgehead atoms. The molecular weight excluding hydrogens is 172 g/mol. The van der Waals surface area contributed by atoms with Gasteiger partial charge in [-0.05, 0) is 30.7 Å². The molecule has 0 heterocycles. The number of aryl methyl sites for hydroxylation is 1. The van der Waals surface area contributed by atoms with Crippen LogP contribution in [0.4, 0.5) is 0 Å². The third-order valence-corrected chi connectivity index (χ3v) is 2.82. The van der Waals surface area contributed by atoms with Gasteiger partial charge < -0.3 is 0 Å². The Kier molecular flexibility index (Phi) is 2.33. The molecule has 0 saturated carbocycles. The van der Waals surface area contributed by atoms with Gasteiger partial charge in [0.15, 0.2) is 9.84 Å². The van der Waals surface area contributed by atoms with E-state index in [-0.39, 0.29) is 4.90 Å². The van der Waals surface area contributed by atoms with Crippen molar-refractivity contribution < 1.29 is 8.42 Å². The van der Waals surface area contributed by atoms with E-state index >= 15 is 0 Å². The van der Waals surface area contributed by atoms with Gasteiger partial charge in [0, 0.05) is 5.41 Å². The molecule has 0 fully saturated rings. The molecule has 0 amide bonds. The topological polar surface area (TPSA) is 34.1 Å². The molecule has 0 N–H and O–H groups in total. The highest BCUT2D eigenvalue weighted by molar-refractivity contribution is 7.94. The highest BCUT2D eigenvalue weighted by Gasteiger charge is 2.07. The number of hydrogen-bond acceptors (Lipinski definition) is 2. The lowest BCUT2D eigenvalue weighted by molar-refractivity contribution is 0.604. The molecule has 0 atom stereocenters. The number of hydrogen-bond donors (Lipinski definition) is 0. The molecule has 12 heavy (non-hydrogen) atoms. The zero-order valence-corrected chi connectivity index (χ0v) is 7.56. The minimum Gasteiger partial charge on any atom is -0.219 e. The molecule has 0 aliphatic rings. The van der Waals surface area contributed by atoms with E-state index < -0.39 is 9.84 Å². The molecule has 0 saturated heterocycles. The first-order chi connectivity index (χ1) is 5.56. The van der Waals surface area contributed by atoms with Gasteiger partial charge in [-0.1, -0.05) is 12.6 Å². The quantitative estimate of drug-likeness (QED) is 0.696. The molecule has 1 aromatic rings. The van der Waals surface area contributed by atoms with Gasteiger partial charge in [-0.3, -0.25) is 0 Å². The first-order valence-corrected chi connectivity index (χ1v) is 4.97. The van der Waals surface area contributed by atoms with E-state index in [4.69, 9.17) is 0 Å². The van der Waals surface area contributed by atoms with Gasteiger partial charge in [-0.25, -0.2) is 8.42 Å². The third kappa shape index (κ3) is 1.74. The lowest BCUT2D eigenvalue weighted by atomic mass is 10.2. The van der Waals surface area contributed by atoms with Gasteiger partial charge in [0.05, 0.1) is 4.90 Å². The van der Waals surface area contributed by atoms with Gasteiger partial charge >= 0.3 is 0 Å². The standard InChI is InChI=1S/C9H9O2S/c1-3-12(10,11)9-6-4-5-8(2)7-9/h3-4,6-7H,1H2,2H3. The summed E-state index contributed by atoms with van der Waals surface area (Å²) in [6, 6.07) is 7.53. The monoisotopic (exact) mass is 181 g/mol. The second-order valence-corrected chi connectivity index (χ2v) is 4.31. The van der Waals surface area contributed by atoms with Gasteiger partial charge in [-0.2, -0.15) is 0 Å². The Balaban J connectivity index is 3.30. The summed E-state index contributed by atoms with van der Waals surface area (Å²) < 4.78 is 22.4. The van der Waals surface area contributed by atoms with E-state index in [0.717, 1.165) is 11.0 Å². The van der Waals surface area contributed by atoms with Crippen LogP contribution in [0.1, 0.15) is 5.56 Å². The lowest BCUT2D eigenvalue weighted by Crippen LogP contribution is -1.95.